The first-order chi connectivity index (χ1) is 13.1. The lowest BCUT2D eigenvalue weighted by Crippen LogP contribution is -2.40. The Hall–Kier alpha value is -2.63. The van der Waals surface area contributed by atoms with Gasteiger partial charge in [-0.15, -0.1) is 0 Å². The Balaban J connectivity index is 1.24. The molecule has 0 aromatic heterocycles. The van der Waals surface area contributed by atoms with Gasteiger partial charge in [0.15, 0.2) is 0 Å². The summed E-state index contributed by atoms with van der Waals surface area (Å²) in [4.78, 5) is 39.4. The van der Waals surface area contributed by atoms with E-state index in [1.54, 1.807) is 31.4 Å². The van der Waals surface area contributed by atoms with E-state index in [0.717, 1.165) is 6.42 Å². The van der Waals surface area contributed by atoms with Crippen LogP contribution in [0.3, 0.4) is 0 Å². The number of carbonyl (C=O) groups excluding carboxylic acids is 3. The molecule has 4 aliphatic carbocycles. The van der Waals surface area contributed by atoms with E-state index < -0.39 is 0 Å². The molecule has 2 saturated carbocycles. The summed E-state index contributed by atoms with van der Waals surface area (Å²) in [6.45, 7) is 0.148. The van der Waals surface area contributed by atoms with Crippen LogP contribution in [-0.4, -0.2) is 36.3 Å². The third-order valence-corrected chi connectivity index (χ3v) is 6.67. The summed E-state index contributed by atoms with van der Waals surface area (Å²) in [6, 6.07) is 7.09. The Labute approximate surface area is 157 Å². The highest BCUT2D eigenvalue weighted by atomic mass is 16.5. The molecule has 6 nitrogen and oxygen atoms in total. The van der Waals surface area contributed by atoms with Crippen LogP contribution in [0.5, 0.6) is 5.75 Å². The fraction of sp³-hybridized carbons (Fsp3) is 0.476. The van der Waals surface area contributed by atoms with E-state index in [1.807, 2.05) is 0 Å². The zero-order chi connectivity index (χ0) is 18.7. The van der Waals surface area contributed by atoms with E-state index in [2.05, 4.69) is 17.5 Å². The lowest BCUT2D eigenvalue weighted by Gasteiger charge is -2.37. The maximum absolute atomic E-state index is 12.9. The number of nitrogens with one attached hydrogen (secondary N) is 1. The van der Waals surface area contributed by atoms with Gasteiger partial charge < -0.3 is 10.1 Å². The van der Waals surface area contributed by atoms with Gasteiger partial charge in [0.25, 0.3) is 0 Å². The lowest BCUT2D eigenvalue weighted by molar-refractivity contribution is -0.140. The third-order valence-electron chi connectivity index (χ3n) is 6.67. The van der Waals surface area contributed by atoms with Crippen molar-refractivity contribution >= 4 is 23.4 Å². The highest BCUT2D eigenvalue weighted by Crippen LogP contribution is 2.65. The number of carbonyl (C=O) groups is 3. The van der Waals surface area contributed by atoms with Crippen molar-refractivity contribution in [2.45, 2.75) is 12.8 Å². The van der Waals surface area contributed by atoms with Crippen LogP contribution in [0.15, 0.2) is 36.4 Å². The molecule has 0 radical (unpaired) electrons. The number of nitrogens with zero attached hydrogens (tertiary/aromatic N) is 1. The minimum atomic E-state index is -0.220. The number of imide groups is 1. The predicted octanol–water partition coefficient (Wildman–Crippen LogP) is 2.08. The van der Waals surface area contributed by atoms with E-state index in [4.69, 9.17) is 4.74 Å². The molecule has 1 saturated heterocycles. The normalized spacial score (nSPS) is 35.1. The van der Waals surface area contributed by atoms with Crippen molar-refractivity contribution in [1.29, 1.82) is 0 Å². The Morgan fingerprint density at radius 2 is 1.81 bits per heavy atom. The van der Waals surface area contributed by atoms with Crippen LogP contribution in [-0.2, 0) is 14.4 Å². The molecule has 6 heteroatoms. The monoisotopic (exact) mass is 366 g/mol. The molecular weight excluding hydrogens is 344 g/mol. The largest absolute Gasteiger partial charge is 0.497 e. The van der Waals surface area contributed by atoms with Crippen LogP contribution in [0.2, 0.25) is 0 Å². The van der Waals surface area contributed by atoms with Crippen molar-refractivity contribution in [2.24, 2.45) is 35.5 Å². The molecule has 0 spiro atoms. The van der Waals surface area contributed by atoms with Gasteiger partial charge in [0.05, 0.1) is 18.9 Å². The summed E-state index contributed by atoms with van der Waals surface area (Å²) in [5.74, 6) is 1.51. The van der Waals surface area contributed by atoms with Crippen LogP contribution >= 0.6 is 0 Å². The minimum absolute atomic E-state index is 0.0797. The Bertz CT molecular complexity index is 827. The van der Waals surface area contributed by atoms with Crippen LogP contribution < -0.4 is 10.1 Å². The van der Waals surface area contributed by atoms with Gasteiger partial charge >= 0.3 is 0 Å². The van der Waals surface area contributed by atoms with Crippen molar-refractivity contribution in [1.82, 2.24) is 4.90 Å². The molecule has 1 aromatic rings. The molecule has 0 unspecified atom stereocenters. The molecule has 27 heavy (non-hydrogen) atoms. The van der Waals surface area contributed by atoms with E-state index in [1.165, 1.54) is 4.90 Å². The summed E-state index contributed by atoms with van der Waals surface area (Å²) in [5.41, 5.74) is 0.634. The van der Waals surface area contributed by atoms with Crippen molar-refractivity contribution in [2.75, 3.05) is 19.0 Å². The number of methoxy groups -OCH3 is 1. The second-order valence-electron chi connectivity index (χ2n) is 8.01. The number of likely N-dealkylation sites (tertiary alicyclic amines) is 1. The smallest absolute Gasteiger partial charge is 0.233 e. The molecule has 1 N–H and O–H groups in total. The van der Waals surface area contributed by atoms with Gasteiger partial charge in [-0.2, -0.15) is 0 Å². The number of amides is 3. The van der Waals surface area contributed by atoms with Gasteiger partial charge in [-0.1, -0.05) is 18.2 Å². The van der Waals surface area contributed by atoms with Crippen molar-refractivity contribution in [3.05, 3.63) is 36.4 Å². The Morgan fingerprint density at radius 1 is 1.15 bits per heavy atom. The van der Waals surface area contributed by atoms with Gasteiger partial charge in [-0.3, -0.25) is 19.3 Å². The molecule has 140 valence electrons. The lowest BCUT2D eigenvalue weighted by atomic mass is 9.63. The number of allylic oxidation sites excluding steroid dienone is 2. The number of rotatable bonds is 5. The van der Waals surface area contributed by atoms with E-state index in [-0.39, 0.29) is 54.4 Å². The number of hydrogen-bond donors (Lipinski definition) is 1. The first kappa shape index (κ1) is 16.5. The molecule has 1 heterocycles. The van der Waals surface area contributed by atoms with Gasteiger partial charge in [0.2, 0.25) is 17.7 Å². The average Bonchev–Trinajstić information content (AvgIpc) is 3.45. The van der Waals surface area contributed by atoms with E-state index in [9.17, 15) is 14.4 Å². The molecule has 3 fully saturated rings. The van der Waals surface area contributed by atoms with Crippen molar-refractivity contribution in [3.8, 4) is 5.75 Å². The zero-order valence-corrected chi connectivity index (χ0v) is 15.1. The second kappa shape index (κ2) is 5.94. The quantitative estimate of drug-likeness (QED) is 0.639. The highest BCUT2D eigenvalue weighted by Gasteiger charge is 2.66. The Morgan fingerprint density at radius 3 is 2.44 bits per heavy atom. The van der Waals surface area contributed by atoms with Crippen molar-refractivity contribution in [3.63, 3.8) is 0 Å². The first-order valence-corrected chi connectivity index (χ1v) is 9.56. The molecule has 5 aliphatic rings. The predicted molar refractivity (Wildman–Crippen MR) is 97.7 cm³/mol. The van der Waals surface area contributed by atoms with Crippen LogP contribution in [0.1, 0.15) is 12.8 Å². The highest BCUT2D eigenvalue weighted by molar-refractivity contribution is 6.06. The fourth-order valence-electron chi connectivity index (χ4n) is 5.38. The molecule has 1 aliphatic heterocycles. The third kappa shape index (κ3) is 2.50. The first-order valence-electron chi connectivity index (χ1n) is 9.56. The summed E-state index contributed by atoms with van der Waals surface area (Å²) >= 11 is 0. The second-order valence-corrected chi connectivity index (χ2v) is 8.01. The van der Waals surface area contributed by atoms with E-state index >= 15 is 0 Å². The molecule has 3 amide bonds. The Kier molecular flexibility index (Phi) is 3.64. The molecular formula is C21H22N2O4. The van der Waals surface area contributed by atoms with Gasteiger partial charge in [0, 0.05) is 24.7 Å². The van der Waals surface area contributed by atoms with Gasteiger partial charge in [-0.05, 0) is 42.2 Å². The van der Waals surface area contributed by atoms with Crippen molar-refractivity contribution < 1.29 is 19.1 Å². The van der Waals surface area contributed by atoms with Crippen LogP contribution in [0, 0.1) is 35.5 Å². The fourth-order valence-corrected chi connectivity index (χ4v) is 5.38. The standard InChI is InChI=1S/C21H22N2O4/c1-27-12-4-2-3-11(9-12)22-17(24)7-8-23-20(25)18-13-5-6-14(16-10-15(13)16)19(18)21(23)26/h2-6,9,13-16,18-19H,7-8,10H2,1H3,(H,22,24)/t13-,14-,15-,16+,18+,19+/m0/s1. The van der Waals surface area contributed by atoms with Gasteiger partial charge in [0.1, 0.15) is 5.75 Å². The molecule has 1 aromatic carbocycles. The number of hydrogen-bond acceptors (Lipinski definition) is 4. The van der Waals surface area contributed by atoms with E-state index in [0.29, 0.717) is 23.3 Å². The molecule has 6 rings (SSSR count). The number of ether oxygens (including phenoxy) is 1. The number of anilines is 1. The summed E-state index contributed by atoms with van der Waals surface area (Å²) in [7, 11) is 1.57. The summed E-state index contributed by atoms with van der Waals surface area (Å²) in [5, 5.41) is 2.80. The average molecular weight is 366 g/mol. The summed E-state index contributed by atoms with van der Waals surface area (Å²) in [6.07, 6.45) is 5.57. The number of benzene rings is 1. The SMILES string of the molecule is COc1cccc(NC(=O)CCN2C(=O)[C@@H]3[C@H]4C=C[C@@H]([C@@H]5C[C@H]45)[C@H]3C2=O)c1. The maximum atomic E-state index is 12.9. The molecule has 2 bridgehead atoms. The van der Waals surface area contributed by atoms with Crippen LogP contribution in [0.25, 0.3) is 0 Å². The topological polar surface area (TPSA) is 75.7 Å². The van der Waals surface area contributed by atoms with Gasteiger partial charge in [-0.25, -0.2) is 0 Å². The van der Waals surface area contributed by atoms with Crippen LogP contribution in [0.4, 0.5) is 5.69 Å². The minimum Gasteiger partial charge on any atom is -0.497 e. The molecule has 6 atom stereocenters. The maximum Gasteiger partial charge on any atom is 0.233 e. The summed E-state index contributed by atoms with van der Waals surface area (Å²) < 4.78 is 5.14. The zero-order valence-electron chi connectivity index (χ0n) is 15.1.